The van der Waals surface area contributed by atoms with E-state index in [4.69, 9.17) is 4.42 Å². The van der Waals surface area contributed by atoms with Crippen LogP contribution in [-0.2, 0) is 13.0 Å². The smallest absolute Gasteiger partial charge is 0.387 e. The molecule has 1 aromatic heterocycles. The molecule has 3 nitrogen and oxygen atoms in total. The summed E-state index contributed by atoms with van der Waals surface area (Å²) in [6.45, 7) is 0.0358. The average molecular weight is 295 g/mol. The zero-order valence-corrected chi connectivity index (χ0v) is 11.9. The average Bonchev–Trinajstić information content (AvgIpc) is 2.97. The Morgan fingerprint density at radius 3 is 2.57 bits per heavy atom. The molecule has 0 spiro atoms. The Morgan fingerprint density at radius 2 is 1.95 bits per heavy atom. The van der Waals surface area contributed by atoms with Crippen LogP contribution in [0.1, 0.15) is 24.7 Å². The molecule has 0 aliphatic heterocycles. The Kier molecular flexibility index (Phi) is 5.75. The van der Waals surface area contributed by atoms with Crippen molar-refractivity contribution < 1.29 is 17.9 Å². The van der Waals surface area contributed by atoms with Crippen LogP contribution < -0.4 is 10.1 Å². The summed E-state index contributed by atoms with van der Waals surface area (Å²) in [5.41, 5.74) is 1.10. The van der Waals surface area contributed by atoms with Crippen LogP contribution in [0.3, 0.4) is 0 Å². The molecule has 114 valence electrons. The molecule has 0 saturated heterocycles. The monoisotopic (exact) mass is 295 g/mol. The molecule has 1 aromatic carbocycles. The zero-order chi connectivity index (χ0) is 15.1. The number of aryl methyl sites for hydroxylation is 1. The van der Waals surface area contributed by atoms with Gasteiger partial charge in [-0.3, -0.25) is 0 Å². The van der Waals surface area contributed by atoms with Crippen molar-refractivity contribution in [3.05, 3.63) is 54.0 Å². The fraction of sp³-hybridized carbons (Fsp3) is 0.375. The van der Waals surface area contributed by atoms with Gasteiger partial charge in [-0.05, 0) is 49.6 Å². The summed E-state index contributed by atoms with van der Waals surface area (Å²) in [6, 6.07) is 10.9. The molecular formula is C16H19F2NO2. The van der Waals surface area contributed by atoms with Crippen LogP contribution in [0.2, 0.25) is 0 Å². The maximum absolute atomic E-state index is 12.0. The van der Waals surface area contributed by atoms with Gasteiger partial charge in [0, 0.05) is 6.04 Å². The van der Waals surface area contributed by atoms with E-state index in [1.54, 1.807) is 18.4 Å². The third-order valence-electron chi connectivity index (χ3n) is 3.22. The molecule has 21 heavy (non-hydrogen) atoms. The van der Waals surface area contributed by atoms with Crippen LogP contribution in [0, 0.1) is 0 Å². The van der Waals surface area contributed by atoms with Crippen LogP contribution in [-0.4, -0.2) is 12.7 Å². The molecule has 0 aliphatic rings. The number of benzene rings is 1. The zero-order valence-electron chi connectivity index (χ0n) is 11.9. The molecule has 0 saturated carbocycles. The number of alkyl halides is 2. The van der Waals surface area contributed by atoms with Gasteiger partial charge >= 0.3 is 6.61 Å². The number of ether oxygens (including phenoxy) is 1. The summed E-state index contributed by atoms with van der Waals surface area (Å²) >= 11 is 0. The van der Waals surface area contributed by atoms with Gasteiger partial charge in [-0.2, -0.15) is 8.78 Å². The molecule has 0 bridgehead atoms. The van der Waals surface area contributed by atoms with Gasteiger partial charge in [0.2, 0.25) is 0 Å². The Balaban J connectivity index is 1.71. The minimum atomic E-state index is -2.78. The van der Waals surface area contributed by atoms with Crippen LogP contribution in [0.4, 0.5) is 8.78 Å². The molecule has 0 fully saturated rings. The Bertz CT molecular complexity index is 512. The molecule has 5 heteroatoms. The van der Waals surface area contributed by atoms with Gasteiger partial charge in [0.15, 0.2) is 0 Å². The standard InChI is InChI=1S/C16H19F2NO2/c1-12(19-11-15-3-2-10-20-15)4-5-13-6-8-14(9-7-13)21-16(17)18/h2-3,6-10,12,16,19H,4-5,11H2,1H3. The van der Waals surface area contributed by atoms with Gasteiger partial charge in [0.25, 0.3) is 0 Å². The lowest BCUT2D eigenvalue weighted by atomic mass is 10.1. The summed E-state index contributed by atoms with van der Waals surface area (Å²) in [7, 11) is 0. The first-order valence-electron chi connectivity index (χ1n) is 6.93. The van der Waals surface area contributed by atoms with E-state index in [1.807, 2.05) is 24.3 Å². The molecule has 1 N–H and O–H groups in total. The van der Waals surface area contributed by atoms with Crippen LogP contribution >= 0.6 is 0 Å². The third kappa shape index (κ3) is 5.55. The second kappa shape index (κ2) is 7.78. The summed E-state index contributed by atoms with van der Waals surface area (Å²) in [6.07, 6.45) is 3.49. The minimum Gasteiger partial charge on any atom is -0.468 e. The van der Waals surface area contributed by atoms with Gasteiger partial charge in [-0.1, -0.05) is 12.1 Å². The van der Waals surface area contributed by atoms with Crippen molar-refractivity contribution in [2.45, 2.75) is 39.0 Å². The van der Waals surface area contributed by atoms with Crippen molar-refractivity contribution in [3.8, 4) is 5.75 Å². The Morgan fingerprint density at radius 1 is 1.19 bits per heavy atom. The first-order chi connectivity index (χ1) is 10.1. The first-order valence-corrected chi connectivity index (χ1v) is 6.93. The van der Waals surface area contributed by atoms with E-state index in [2.05, 4.69) is 17.0 Å². The van der Waals surface area contributed by atoms with Crippen molar-refractivity contribution in [3.63, 3.8) is 0 Å². The maximum Gasteiger partial charge on any atom is 0.387 e. The normalized spacial score (nSPS) is 12.6. The molecule has 2 rings (SSSR count). The highest BCUT2D eigenvalue weighted by atomic mass is 19.3. The number of furan rings is 1. The van der Waals surface area contributed by atoms with E-state index in [0.29, 0.717) is 12.6 Å². The first kappa shape index (κ1) is 15.5. The van der Waals surface area contributed by atoms with E-state index in [-0.39, 0.29) is 5.75 Å². The van der Waals surface area contributed by atoms with E-state index < -0.39 is 6.61 Å². The molecule has 1 heterocycles. The Labute approximate surface area is 122 Å². The molecule has 2 aromatic rings. The van der Waals surface area contributed by atoms with Crippen LogP contribution in [0.15, 0.2) is 47.1 Å². The topological polar surface area (TPSA) is 34.4 Å². The highest BCUT2D eigenvalue weighted by Gasteiger charge is 2.06. The Hall–Kier alpha value is -1.88. The highest BCUT2D eigenvalue weighted by Crippen LogP contribution is 2.16. The van der Waals surface area contributed by atoms with E-state index in [0.717, 1.165) is 24.2 Å². The van der Waals surface area contributed by atoms with Crippen molar-refractivity contribution >= 4 is 0 Å². The molecule has 0 radical (unpaired) electrons. The van der Waals surface area contributed by atoms with Crippen LogP contribution in [0.5, 0.6) is 5.75 Å². The number of nitrogens with one attached hydrogen (secondary N) is 1. The summed E-state index contributed by atoms with van der Waals surface area (Å²) in [5, 5.41) is 3.38. The van der Waals surface area contributed by atoms with E-state index in [1.165, 1.54) is 0 Å². The molecule has 1 atom stereocenters. The van der Waals surface area contributed by atoms with E-state index >= 15 is 0 Å². The minimum absolute atomic E-state index is 0.192. The molecule has 0 amide bonds. The number of halogens is 2. The van der Waals surface area contributed by atoms with Gasteiger partial charge in [-0.25, -0.2) is 0 Å². The van der Waals surface area contributed by atoms with Gasteiger partial charge in [-0.15, -0.1) is 0 Å². The van der Waals surface area contributed by atoms with Gasteiger partial charge < -0.3 is 14.5 Å². The summed E-state index contributed by atoms with van der Waals surface area (Å²) < 4.78 is 33.6. The predicted octanol–water partition coefficient (Wildman–Crippen LogP) is 3.99. The predicted molar refractivity (Wildman–Crippen MR) is 76.4 cm³/mol. The van der Waals surface area contributed by atoms with Crippen molar-refractivity contribution in [1.82, 2.24) is 5.32 Å². The lowest BCUT2D eigenvalue weighted by Gasteiger charge is -2.13. The van der Waals surface area contributed by atoms with Gasteiger partial charge in [0.05, 0.1) is 12.8 Å². The lowest BCUT2D eigenvalue weighted by Crippen LogP contribution is -2.25. The fourth-order valence-corrected chi connectivity index (χ4v) is 2.01. The highest BCUT2D eigenvalue weighted by molar-refractivity contribution is 5.27. The second-order valence-corrected chi connectivity index (χ2v) is 4.92. The molecular weight excluding hydrogens is 276 g/mol. The third-order valence-corrected chi connectivity index (χ3v) is 3.22. The summed E-state index contributed by atoms with van der Waals surface area (Å²) in [5.74, 6) is 1.10. The number of hydrogen-bond donors (Lipinski definition) is 1. The van der Waals surface area contributed by atoms with E-state index in [9.17, 15) is 8.78 Å². The SMILES string of the molecule is CC(CCc1ccc(OC(F)F)cc1)NCc1ccco1. The second-order valence-electron chi connectivity index (χ2n) is 4.92. The van der Waals surface area contributed by atoms with Crippen molar-refractivity contribution in [2.24, 2.45) is 0 Å². The summed E-state index contributed by atoms with van der Waals surface area (Å²) in [4.78, 5) is 0. The quantitative estimate of drug-likeness (QED) is 0.799. The largest absolute Gasteiger partial charge is 0.468 e. The molecule has 1 unspecified atom stereocenters. The molecule has 0 aliphatic carbocycles. The maximum atomic E-state index is 12.0. The van der Waals surface area contributed by atoms with Crippen molar-refractivity contribution in [2.75, 3.05) is 0 Å². The van der Waals surface area contributed by atoms with Crippen molar-refractivity contribution in [1.29, 1.82) is 0 Å². The lowest BCUT2D eigenvalue weighted by molar-refractivity contribution is -0.0498. The number of rotatable bonds is 8. The van der Waals surface area contributed by atoms with Gasteiger partial charge in [0.1, 0.15) is 11.5 Å². The number of hydrogen-bond acceptors (Lipinski definition) is 3. The fourth-order valence-electron chi connectivity index (χ4n) is 2.01. The van der Waals surface area contributed by atoms with Crippen LogP contribution in [0.25, 0.3) is 0 Å².